The predicted molar refractivity (Wildman–Crippen MR) is 84.7 cm³/mol. The summed E-state index contributed by atoms with van der Waals surface area (Å²) in [6.45, 7) is 4.06. The van der Waals surface area contributed by atoms with Crippen LogP contribution in [0.3, 0.4) is 0 Å². The summed E-state index contributed by atoms with van der Waals surface area (Å²) in [5, 5.41) is 12.1. The van der Waals surface area contributed by atoms with Crippen LogP contribution < -0.4 is 0 Å². The molecule has 0 aliphatic carbocycles. The van der Waals surface area contributed by atoms with Gasteiger partial charge in [0.25, 0.3) is 0 Å². The molecule has 1 aromatic carbocycles. The Morgan fingerprint density at radius 1 is 1.43 bits per heavy atom. The smallest absolute Gasteiger partial charge is 0.125 e. The van der Waals surface area contributed by atoms with E-state index in [9.17, 15) is 0 Å². The fourth-order valence-electron chi connectivity index (χ4n) is 2.41. The van der Waals surface area contributed by atoms with E-state index in [1.807, 2.05) is 24.4 Å². The van der Waals surface area contributed by atoms with Gasteiger partial charge in [-0.15, -0.1) is 22.9 Å². The zero-order valence-corrected chi connectivity index (χ0v) is 13.2. The molecule has 3 aromatic rings. The summed E-state index contributed by atoms with van der Waals surface area (Å²) in [5.74, 6) is 1.12. The molecule has 3 rings (SSSR count). The Balaban J connectivity index is 2.21. The lowest BCUT2D eigenvalue weighted by molar-refractivity contribution is 0.628. The summed E-state index contributed by atoms with van der Waals surface area (Å²) >= 11 is 7.67. The fraction of sp³-hybridized carbons (Fsp3) is 0.267. The van der Waals surface area contributed by atoms with Crippen molar-refractivity contribution in [2.75, 3.05) is 0 Å². The van der Waals surface area contributed by atoms with Crippen molar-refractivity contribution in [2.24, 2.45) is 0 Å². The molecule has 0 aliphatic rings. The topological polar surface area (TPSA) is 54.5 Å². The maximum atomic E-state index is 9.09. The number of alkyl halides is 1. The number of hydrogen-bond donors (Lipinski definition) is 0. The van der Waals surface area contributed by atoms with Crippen LogP contribution in [-0.2, 0) is 5.88 Å². The first-order valence-electron chi connectivity index (χ1n) is 6.53. The molecule has 0 amide bonds. The van der Waals surface area contributed by atoms with Gasteiger partial charge in [-0.2, -0.15) is 5.26 Å². The largest absolute Gasteiger partial charge is 0.317 e. The van der Waals surface area contributed by atoms with Crippen LogP contribution in [0.4, 0.5) is 0 Å². The third-order valence-corrected chi connectivity index (χ3v) is 4.76. The van der Waals surface area contributed by atoms with E-state index in [2.05, 4.69) is 27.5 Å². The van der Waals surface area contributed by atoms with Crippen molar-refractivity contribution in [1.29, 1.82) is 5.26 Å². The molecule has 0 aliphatic heterocycles. The minimum absolute atomic E-state index is 0.0383. The second-order valence-corrected chi connectivity index (χ2v) is 6.01. The molecule has 1 unspecified atom stereocenters. The number of nitriles is 1. The van der Waals surface area contributed by atoms with Crippen molar-refractivity contribution in [1.82, 2.24) is 14.5 Å². The van der Waals surface area contributed by atoms with Gasteiger partial charge in [0.2, 0.25) is 0 Å². The highest BCUT2D eigenvalue weighted by Crippen LogP contribution is 2.29. The molecule has 106 valence electrons. The van der Waals surface area contributed by atoms with Gasteiger partial charge in [-0.25, -0.2) is 9.97 Å². The molecule has 0 radical (unpaired) electrons. The minimum Gasteiger partial charge on any atom is -0.317 e. The highest BCUT2D eigenvalue weighted by molar-refractivity contribution is 7.09. The van der Waals surface area contributed by atoms with E-state index in [4.69, 9.17) is 16.9 Å². The summed E-state index contributed by atoms with van der Waals surface area (Å²) in [6, 6.07) is 7.70. The molecule has 0 saturated carbocycles. The third kappa shape index (κ3) is 2.41. The molecule has 21 heavy (non-hydrogen) atoms. The second kappa shape index (κ2) is 5.47. The van der Waals surface area contributed by atoms with Crippen LogP contribution in [0.15, 0.2) is 23.6 Å². The van der Waals surface area contributed by atoms with Crippen LogP contribution in [-0.4, -0.2) is 14.5 Å². The first-order chi connectivity index (χ1) is 10.1. The molecule has 1 atom stereocenters. The van der Waals surface area contributed by atoms with Crippen LogP contribution >= 0.6 is 22.9 Å². The lowest BCUT2D eigenvalue weighted by Crippen LogP contribution is -2.09. The predicted octanol–water partition coefficient (Wildman–Crippen LogP) is 4.02. The Bertz CT molecular complexity index is 843. The van der Waals surface area contributed by atoms with Crippen molar-refractivity contribution in [2.45, 2.75) is 25.8 Å². The highest BCUT2D eigenvalue weighted by atomic mass is 35.5. The number of rotatable bonds is 3. The van der Waals surface area contributed by atoms with E-state index in [1.54, 1.807) is 17.4 Å². The fourth-order valence-corrected chi connectivity index (χ4v) is 3.44. The van der Waals surface area contributed by atoms with Gasteiger partial charge < -0.3 is 4.57 Å². The molecule has 0 spiro atoms. The molecule has 0 fully saturated rings. The molecule has 0 saturated heterocycles. The Morgan fingerprint density at radius 2 is 2.24 bits per heavy atom. The Labute approximate surface area is 131 Å². The van der Waals surface area contributed by atoms with Crippen molar-refractivity contribution >= 4 is 34.0 Å². The van der Waals surface area contributed by atoms with Crippen LogP contribution in [0.2, 0.25) is 0 Å². The normalized spacial score (nSPS) is 12.5. The third-order valence-electron chi connectivity index (χ3n) is 3.39. The van der Waals surface area contributed by atoms with E-state index in [0.29, 0.717) is 11.4 Å². The van der Waals surface area contributed by atoms with E-state index in [0.717, 1.165) is 27.6 Å². The lowest BCUT2D eigenvalue weighted by Gasteiger charge is -2.14. The zero-order chi connectivity index (χ0) is 15.0. The van der Waals surface area contributed by atoms with Crippen molar-refractivity contribution in [3.8, 4) is 6.07 Å². The maximum Gasteiger partial charge on any atom is 0.125 e. The molecule has 6 heteroatoms. The first kappa shape index (κ1) is 14.1. The van der Waals surface area contributed by atoms with Gasteiger partial charge in [-0.1, -0.05) is 0 Å². The quantitative estimate of drug-likeness (QED) is 0.686. The molecule has 2 aromatic heterocycles. The maximum absolute atomic E-state index is 9.09. The summed E-state index contributed by atoms with van der Waals surface area (Å²) in [6.07, 6.45) is 0. The number of hydrogen-bond acceptors (Lipinski definition) is 4. The van der Waals surface area contributed by atoms with Gasteiger partial charge in [0.15, 0.2) is 0 Å². The number of aryl methyl sites for hydroxylation is 1. The minimum atomic E-state index is 0.0383. The van der Waals surface area contributed by atoms with E-state index >= 15 is 0 Å². The van der Waals surface area contributed by atoms with Crippen LogP contribution in [0.1, 0.15) is 35.1 Å². The number of halogens is 1. The van der Waals surface area contributed by atoms with Gasteiger partial charge in [0.05, 0.1) is 34.6 Å². The van der Waals surface area contributed by atoms with Gasteiger partial charge >= 0.3 is 0 Å². The van der Waals surface area contributed by atoms with Gasteiger partial charge in [0.1, 0.15) is 10.8 Å². The van der Waals surface area contributed by atoms with Gasteiger partial charge in [-0.3, -0.25) is 0 Å². The molecule has 0 bridgehead atoms. The van der Waals surface area contributed by atoms with Crippen molar-refractivity contribution in [3.63, 3.8) is 0 Å². The molecule has 4 nitrogen and oxygen atoms in total. The number of aromatic nitrogens is 3. The average molecular weight is 317 g/mol. The number of benzene rings is 1. The monoisotopic (exact) mass is 316 g/mol. The molecule has 0 N–H and O–H groups in total. The SMILES string of the molecule is Cc1csc(C(C)n2c(CCl)nc3ccc(C#N)cc32)n1. The summed E-state index contributed by atoms with van der Waals surface area (Å²) in [4.78, 5) is 9.11. The van der Waals surface area contributed by atoms with E-state index < -0.39 is 0 Å². The standard InChI is InChI=1S/C15H13ClN4S/c1-9-8-21-15(18-9)10(2)20-13-5-11(7-17)3-4-12(13)19-14(20)6-16/h3-5,8,10H,6H2,1-2H3. The molecular weight excluding hydrogens is 304 g/mol. The van der Waals surface area contributed by atoms with E-state index in [1.165, 1.54) is 0 Å². The number of fused-ring (bicyclic) bond motifs is 1. The van der Waals surface area contributed by atoms with Crippen molar-refractivity contribution < 1.29 is 0 Å². The number of imidazole rings is 1. The van der Waals surface area contributed by atoms with Crippen LogP contribution in [0, 0.1) is 18.3 Å². The summed E-state index contributed by atoms with van der Waals surface area (Å²) in [5.41, 5.74) is 3.40. The first-order valence-corrected chi connectivity index (χ1v) is 7.94. The summed E-state index contributed by atoms with van der Waals surface area (Å²) < 4.78 is 2.07. The zero-order valence-electron chi connectivity index (χ0n) is 11.7. The summed E-state index contributed by atoms with van der Waals surface area (Å²) in [7, 11) is 0. The number of thiazole rings is 1. The Kier molecular flexibility index (Phi) is 3.66. The van der Waals surface area contributed by atoms with Crippen LogP contribution in [0.5, 0.6) is 0 Å². The van der Waals surface area contributed by atoms with Crippen molar-refractivity contribution in [3.05, 3.63) is 45.7 Å². The lowest BCUT2D eigenvalue weighted by atomic mass is 10.2. The average Bonchev–Trinajstić information content (AvgIpc) is 3.08. The number of nitrogens with zero attached hydrogens (tertiary/aromatic N) is 4. The van der Waals surface area contributed by atoms with Gasteiger partial charge in [0, 0.05) is 11.1 Å². The second-order valence-electron chi connectivity index (χ2n) is 4.85. The van der Waals surface area contributed by atoms with Crippen LogP contribution in [0.25, 0.3) is 11.0 Å². The Hall–Kier alpha value is -1.90. The highest BCUT2D eigenvalue weighted by Gasteiger charge is 2.19. The Morgan fingerprint density at radius 3 is 2.86 bits per heavy atom. The molecular formula is C15H13ClN4S. The molecule has 2 heterocycles. The van der Waals surface area contributed by atoms with Gasteiger partial charge in [-0.05, 0) is 32.0 Å². The van der Waals surface area contributed by atoms with E-state index in [-0.39, 0.29) is 6.04 Å².